The highest BCUT2D eigenvalue weighted by Gasteiger charge is 2.35. The molecule has 1 fully saturated rings. The number of halogens is 1. The van der Waals surface area contributed by atoms with Crippen molar-refractivity contribution in [2.24, 2.45) is 0 Å². The average Bonchev–Trinajstić information content (AvgIpc) is 2.38. The van der Waals surface area contributed by atoms with Crippen LogP contribution >= 0.6 is 15.9 Å². The van der Waals surface area contributed by atoms with Crippen LogP contribution in [-0.4, -0.2) is 51.7 Å². The minimum Gasteiger partial charge on any atom is -0.444 e. The van der Waals surface area contributed by atoms with E-state index >= 15 is 0 Å². The van der Waals surface area contributed by atoms with E-state index in [1.54, 1.807) is 17.3 Å². The average molecular weight is 371 g/mol. The largest absolute Gasteiger partial charge is 0.444 e. The fourth-order valence-electron chi connectivity index (χ4n) is 2.63. The molecule has 22 heavy (non-hydrogen) atoms. The summed E-state index contributed by atoms with van der Waals surface area (Å²) in [7, 11) is 0. The van der Waals surface area contributed by atoms with Crippen LogP contribution in [-0.2, 0) is 4.74 Å². The molecule has 0 spiro atoms. The van der Waals surface area contributed by atoms with Crippen LogP contribution in [0.3, 0.4) is 0 Å². The first-order valence-electron chi connectivity index (χ1n) is 7.41. The fraction of sp³-hybridized carbons (Fsp3) is 0.667. The maximum absolute atomic E-state index is 12.2. The van der Waals surface area contributed by atoms with Gasteiger partial charge in [0.2, 0.25) is 5.95 Å². The standard InChI is InChI=1S/C15H23BrN4O2/c1-10-8-19(14(21)22-15(3,4)5)9-11(2)20(10)13-17-6-12(16)7-18-13/h6-7,10-11H,8-9H2,1-5H3. The highest BCUT2D eigenvalue weighted by molar-refractivity contribution is 9.10. The quantitative estimate of drug-likeness (QED) is 0.760. The molecule has 6 nitrogen and oxygen atoms in total. The van der Waals surface area contributed by atoms with Crippen molar-refractivity contribution in [3.05, 3.63) is 16.9 Å². The van der Waals surface area contributed by atoms with Crippen LogP contribution in [0.25, 0.3) is 0 Å². The first kappa shape index (κ1) is 17.0. The highest BCUT2D eigenvalue weighted by atomic mass is 79.9. The van der Waals surface area contributed by atoms with E-state index < -0.39 is 5.60 Å². The van der Waals surface area contributed by atoms with Crippen LogP contribution < -0.4 is 4.90 Å². The van der Waals surface area contributed by atoms with Gasteiger partial charge in [-0.3, -0.25) is 0 Å². The third kappa shape index (κ3) is 4.09. The summed E-state index contributed by atoms with van der Waals surface area (Å²) in [4.78, 5) is 24.9. The zero-order chi connectivity index (χ0) is 16.5. The summed E-state index contributed by atoms with van der Waals surface area (Å²) in [6.45, 7) is 11.0. The summed E-state index contributed by atoms with van der Waals surface area (Å²) >= 11 is 3.34. The van der Waals surface area contributed by atoms with Gasteiger partial charge in [-0.1, -0.05) is 0 Å². The van der Waals surface area contributed by atoms with Gasteiger partial charge in [0.15, 0.2) is 0 Å². The summed E-state index contributed by atoms with van der Waals surface area (Å²) in [5.74, 6) is 0.687. The minimum absolute atomic E-state index is 0.123. The summed E-state index contributed by atoms with van der Waals surface area (Å²) in [5, 5.41) is 0. The molecule has 0 radical (unpaired) electrons. The van der Waals surface area contributed by atoms with Crippen LogP contribution in [0.1, 0.15) is 34.6 Å². The molecule has 0 N–H and O–H groups in total. The second-order valence-corrected chi connectivity index (χ2v) is 7.61. The molecule has 1 aromatic heterocycles. The van der Waals surface area contributed by atoms with Crippen molar-refractivity contribution in [3.8, 4) is 0 Å². The van der Waals surface area contributed by atoms with Gasteiger partial charge in [-0.15, -0.1) is 0 Å². The number of aromatic nitrogens is 2. The lowest BCUT2D eigenvalue weighted by molar-refractivity contribution is 0.0192. The number of piperazine rings is 1. The van der Waals surface area contributed by atoms with E-state index in [1.165, 1.54) is 0 Å². The molecule has 2 unspecified atom stereocenters. The second-order valence-electron chi connectivity index (χ2n) is 6.69. The Morgan fingerprint density at radius 1 is 1.23 bits per heavy atom. The Bertz CT molecular complexity index is 517. The topological polar surface area (TPSA) is 58.6 Å². The van der Waals surface area contributed by atoms with Crippen LogP contribution in [0.15, 0.2) is 16.9 Å². The lowest BCUT2D eigenvalue weighted by atomic mass is 10.1. The maximum atomic E-state index is 12.2. The van der Waals surface area contributed by atoms with Gasteiger partial charge >= 0.3 is 6.09 Å². The number of carbonyl (C=O) groups excluding carboxylic acids is 1. The Kier molecular flexibility index (Phi) is 4.94. The van der Waals surface area contributed by atoms with Gasteiger partial charge in [0.05, 0.1) is 4.47 Å². The SMILES string of the molecule is CC1CN(C(=O)OC(C)(C)C)CC(C)N1c1ncc(Br)cn1. The molecule has 1 aromatic rings. The van der Waals surface area contributed by atoms with Gasteiger partial charge in [-0.25, -0.2) is 14.8 Å². The summed E-state index contributed by atoms with van der Waals surface area (Å²) in [5.41, 5.74) is -0.477. The number of anilines is 1. The van der Waals surface area contributed by atoms with Gasteiger partial charge in [-0.05, 0) is 50.5 Å². The zero-order valence-electron chi connectivity index (χ0n) is 13.7. The maximum Gasteiger partial charge on any atom is 0.410 e. The van der Waals surface area contributed by atoms with Crippen LogP contribution in [0.4, 0.5) is 10.7 Å². The Hall–Kier alpha value is -1.37. The Balaban J connectivity index is 2.09. The first-order chi connectivity index (χ1) is 10.2. The predicted octanol–water partition coefficient (Wildman–Crippen LogP) is 3.07. The van der Waals surface area contributed by atoms with Crippen molar-refractivity contribution < 1.29 is 9.53 Å². The fourth-order valence-corrected chi connectivity index (χ4v) is 2.84. The zero-order valence-corrected chi connectivity index (χ0v) is 15.3. The van der Waals surface area contributed by atoms with Crippen molar-refractivity contribution in [2.75, 3.05) is 18.0 Å². The number of hydrogen-bond acceptors (Lipinski definition) is 5. The molecule has 0 saturated carbocycles. The molecule has 1 aliphatic rings. The first-order valence-corrected chi connectivity index (χ1v) is 8.20. The van der Waals surface area contributed by atoms with E-state index in [-0.39, 0.29) is 18.2 Å². The smallest absolute Gasteiger partial charge is 0.410 e. The van der Waals surface area contributed by atoms with E-state index in [0.717, 1.165) is 4.47 Å². The lowest BCUT2D eigenvalue weighted by Crippen LogP contribution is -2.59. The number of hydrogen-bond donors (Lipinski definition) is 0. The van der Waals surface area contributed by atoms with E-state index in [2.05, 4.69) is 44.6 Å². The highest BCUT2D eigenvalue weighted by Crippen LogP contribution is 2.23. The molecule has 2 heterocycles. The third-order valence-electron chi connectivity index (χ3n) is 3.41. The molecule has 2 rings (SSSR count). The molecule has 0 bridgehead atoms. The number of ether oxygens (including phenoxy) is 1. The van der Waals surface area contributed by atoms with Crippen LogP contribution in [0.2, 0.25) is 0 Å². The van der Waals surface area contributed by atoms with E-state index in [4.69, 9.17) is 4.74 Å². The molecule has 0 aliphatic carbocycles. The van der Waals surface area contributed by atoms with Gasteiger partial charge < -0.3 is 14.5 Å². The van der Waals surface area contributed by atoms with Crippen LogP contribution in [0, 0.1) is 0 Å². The second kappa shape index (κ2) is 6.40. The van der Waals surface area contributed by atoms with Gasteiger partial charge in [-0.2, -0.15) is 0 Å². The summed E-state index contributed by atoms with van der Waals surface area (Å²) in [6, 6.07) is 0.245. The number of rotatable bonds is 1. The van der Waals surface area contributed by atoms with Crippen molar-refractivity contribution >= 4 is 28.0 Å². The normalized spacial score (nSPS) is 22.6. The van der Waals surface area contributed by atoms with Crippen LogP contribution in [0.5, 0.6) is 0 Å². The Labute approximate surface area is 140 Å². The molecular formula is C15H23BrN4O2. The van der Waals surface area contributed by atoms with Gasteiger partial charge in [0.25, 0.3) is 0 Å². The Morgan fingerprint density at radius 2 is 1.73 bits per heavy atom. The lowest BCUT2D eigenvalue weighted by Gasteiger charge is -2.44. The summed E-state index contributed by atoms with van der Waals surface area (Å²) in [6.07, 6.45) is 3.21. The minimum atomic E-state index is -0.477. The molecule has 1 aliphatic heterocycles. The van der Waals surface area contributed by atoms with Gasteiger partial charge in [0, 0.05) is 37.6 Å². The van der Waals surface area contributed by atoms with Crippen molar-refractivity contribution in [2.45, 2.75) is 52.3 Å². The number of nitrogens with zero attached hydrogens (tertiary/aromatic N) is 4. The molecule has 0 aromatic carbocycles. The predicted molar refractivity (Wildman–Crippen MR) is 88.9 cm³/mol. The molecule has 122 valence electrons. The molecule has 1 saturated heterocycles. The molecular weight excluding hydrogens is 348 g/mol. The van der Waals surface area contributed by atoms with Crippen molar-refractivity contribution in [3.63, 3.8) is 0 Å². The van der Waals surface area contributed by atoms with Crippen molar-refractivity contribution in [1.29, 1.82) is 0 Å². The van der Waals surface area contributed by atoms with Crippen molar-refractivity contribution in [1.82, 2.24) is 14.9 Å². The van der Waals surface area contributed by atoms with Gasteiger partial charge in [0.1, 0.15) is 5.60 Å². The Morgan fingerprint density at radius 3 is 2.18 bits per heavy atom. The third-order valence-corrected chi connectivity index (χ3v) is 3.82. The molecule has 1 amide bonds. The number of amides is 1. The monoisotopic (exact) mass is 370 g/mol. The van der Waals surface area contributed by atoms with E-state index in [0.29, 0.717) is 19.0 Å². The molecule has 7 heteroatoms. The summed E-state index contributed by atoms with van der Waals surface area (Å²) < 4.78 is 6.31. The van der Waals surface area contributed by atoms with E-state index in [1.807, 2.05) is 20.8 Å². The van der Waals surface area contributed by atoms with E-state index in [9.17, 15) is 4.79 Å². The number of carbonyl (C=O) groups is 1. The molecule has 2 atom stereocenters.